The van der Waals surface area contributed by atoms with Crippen LogP contribution in [0.2, 0.25) is 0 Å². The average molecular weight is 478 g/mol. The minimum Gasteiger partial charge on any atom is -0.331 e. The van der Waals surface area contributed by atoms with Crippen molar-refractivity contribution in [3.63, 3.8) is 0 Å². The molecule has 178 valence electrons. The number of quaternary nitrogens is 1. The van der Waals surface area contributed by atoms with Crippen molar-refractivity contribution in [2.45, 2.75) is 44.8 Å². The molecule has 2 aromatic carbocycles. The molecule has 8 heteroatoms. The van der Waals surface area contributed by atoms with E-state index in [4.69, 9.17) is 5.26 Å². The molecule has 0 aliphatic rings. The first-order chi connectivity index (χ1) is 16.3. The molecule has 0 saturated carbocycles. The highest BCUT2D eigenvalue weighted by Gasteiger charge is 2.26. The number of para-hydroxylation sites is 1. The average Bonchev–Trinajstić information content (AvgIpc) is 3.21. The summed E-state index contributed by atoms with van der Waals surface area (Å²) < 4.78 is 2.07. The van der Waals surface area contributed by atoms with Gasteiger partial charge in [-0.3, -0.25) is 9.36 Å². The first-order valence-electron chi connectivity index (χ1n) is 11.5. The van der Waals surface area contributed by atoms with Crippen molar-refractivity contribution >= 4 is 23.4 Å². The number of hydrogen-bond donors (Lipinski definition) is 1. The van der Waals surface area contributed by atoms with Gasteiger partial charge in [-0.2, -0.15) is 5.26 Å². The van der Waals surface area contributed by atoms with Crippen molar-refractivity contribution in [1.29, 1.82) is 5.26 Å². The van der Waals surface area contributed by atoms with E-state index < -0.39 is 0 Å². The Morgan fingerprint density at radius 1 is 1.15 bits per heavy atom. The first kappa shape index (κ1) is 25.5. The molecular weight excluding hydrogens is 444 g/mol. The summed E-state index contributed by atoms with van der Waals surface area (Å²) in [6.45, 7) is 6.53. The summed E-state index contributed by atoms with van der Waals surface area (Å²) in [5.41, 5.74) is 3.98. The van der Waals surface area contributed by atoms with Crippen molar-refractivity contribution < 1.29 is 9.69 Å². The molecule has 34 heavy (non-hydrogen) atoms. The Balaban J connectivity index is 1.90. The topological polar surface area (TPSA) is 79.2 Å². The maximum atomic E-state index is 13.3. The molecule has 0 aliphatic carbocycles. The lowest BCUT2D eigenvalue weighted by molar-refractivity contribution is -0.893. The quantitative estimate of drug-likeness (QED) is 0.452. The molecular formula is C26H33N6OS+. The molecule has 7 nitrogen and oxygen atoms in total. The van der Waals surface area contributed by atoms with Crippen molar-refractivity contribution in [3.05, 3.63) is 65.5 Å². The largest absolute Gasteiger partial charge is 0.331 e. The van der Waals surface area contributed by atoms with Gasteiger partial charge in [0.1, 0.15) is 6.04 Å². The second-order valence-electron chi connectivity index (χ2n) is 8.64. The van der Waals surface area contributed by atoms with Gasteiger partial charge in [0.05, 0.1) is 32.3 Å². The Morgan fingerprint density at radius 3 is 2.41 bits per heavy atom. The normalized spacial score (nSPS) is 11.9. The minimum atomic E-state index is -0.0558. The Morgan fingerprint density at radius 2 is 1.82 bits per heavy atom. The van der Waals surface area contributed by atoms with E-state index in [1.165, 1.54) is 16.7 Å². The van der Waals surface area contributed by atoms with E-state index in [0.29, 0.717) is 11.7 Å². The lowest BCUT2D eigenvalue weighted by Crippen LogP contribution is -3.06. The Hall–Kier alpha value is -3.15. The predicted octanol–water partition coefficient (Wildman–Crippen LogP) is 3.52. The van der Waals surface area contributed by atoms with E-state index in [2.05, 4.69) is 47.9 Å². The van der Waals surface area contributed by atoms with Crippen LogP contribution < -0.4 is 9.80 Å². The van der Waals surface area contributed by atoms with Gasteiger partial charge in [0.2, 0.25) is 5.91 Å². The van der Waals surface area contributed by atoms with E-state index in [-0.39, 0.29) is 24.1 Å². The molecule has 0 bridgehead atoms. The number of hydrogen-bond acceptors (Lipinski definition) is 5. The van der Waals surface area contributed by atoms with Crippen molar-refractivity contribution in [2.24, 2.45) is 0 Å². The van der Waals surface area contributed by atoms with Crippen molar-refractivity contribution in [1.82, 2.24) is 14.8 Å². The number of rotatable bonds is 10. The van der Waals surface area contributed by atoms with E-state index in [1.54, 1.807) is 4.90 Å². The molecule has 0 radical (unpaired) electrons. The van der Waals surface area contributed by atoms with Gasteiger partial charge < -0.3 is 9.80 Å². The van der Waals surface area contributed by atoms with Gasteiger partial charge in [-0.25, -0.2) is 0 Å². The zero-order valence-corrected chi connectivity index (χ0v) is 21.4. The maximum absolute atomic E-state index is 13.3. The number of anilines is 1. The van der Waals surface area contributed by atoms with E-state index in [9.17, 15) is 4.79 Å². The van der Waals surface area contributed by atoms with Crippen molar-refractivity contribution in [3.8, 4) is 11.8 Å². The molecule has 0 fully saturated rings. The van der Waals surface area contributed by atoms with Gasteiger partial charge >= 0.3 is 0 Å². The highest BCUT2D eigenvalue weighted by Crippen LogP contribution is 2.27. The summed E-state index contributed by atoms with van der Waals surface area (Å²) in [7, 11) is 4.23. The third-order valence-corrected chi connectivity index (χ3v) is 6.59. The van der Waals surface area contributed by atoms with Crippen LogP contribution in [-0.2, 0) is 4.79 Å². The van der Waals surface area contributed by atoms with Crippen LogP contribution in [0.3, 0.4) is 0 Å². The van der Waals surface area contributed by atoms with Crippen LogP contribution in [0.5, 0.6) is 0 Å². The highest BCUT2D eigenvalue weighted by molar-refractivity contribution is 7.99. The van der Waals surface area contributed by atoms with Gasteiger partial charge in [-0.1, -0.05) is 43.0 Å². The fourth-order valence-electron chi connectivity index (χ4n) is 4.14. The third-order valence-electron chi connectivity index (χ3n) is 5.68. The fraction of sp³-hybridized carbons (Fsp3) is 0.385. The zero-order chi connectivity index (χ0) is 24.7. The number of nitriles is 1. The second-order valence-corrected chi connectivity index (χ2v) is 9.58. The second kappa shape index (κ2) is 11.8. The number of carbonyl (C=O) groups is 1. The van der Waals surface area contributed by atoms with E-state index >= 15 is 0 Å². The molecule has 3 rings (SSSR count). The van der Waals surface area contributed by atoms with Crippen LogP contribution >= 0.6 is 11.8 Å². The van der Waals surface area contributed by atoms with E-state index in [1.807, 2.05) is 56.3 Å². The van der Waals surface area contributed by atoms with Crippen LogP contribution in [0, 0.1) is 25.2 Å². The molecule has 0 spiro atoms. The number of nitrogens with zero attached hydrogens (tertiary/aromatic N) is 5. The number of thioether (sulfide) groups is 1. The Labute approximate surface area is 206 Å². The van der Waals surface area contributed by atoms with E-state index in [0.717, 1.165) is 34.7 Å². The summed E-state index contributed by atoms with van der Waals surface area (Å²) in [5.74, 6) is 1.04. The van der Waals surface area contributed by atoms with Gasteiger partial charge in [0.15, 0.2) is 11.0 Å². The third kappa shape index (κ3) is 6.04. The molecule has 1 aromatic heterocycles. The molecule has 0 saturated heterocycles. The number of aryl methyl sites for hydroxylation is 2. The smallest absolute Gasteiger partial charge is 0.237 e. The summed E-state index contributed by atoms with van der Waals surface area (Å²) >= 11 is 1.38. The Kier molecular flexibility index (Phi) is 8.85. The summed E-state index contributed by atoms with van der Waals surface area (Å²) in [6, 6.07) is 18.4. The number of amides is 1. The first-order valence-corrected chi connectivity index (χ1v) is 12.5. The standard InChI is InChI=1S/C26H32N6OS/c1-6-23(30(4)5)25-28-29-26(32(25)21-11-8-7-9-12-21)34-18-24(33)31(14-10-13-27)22-16-19(2)15-20(3)17-22/h7-9,11-12,15-17,23H,6,10,14,18H2,1-5H3/p+1/t23-/m0/s1. The molecule has 1 N–H and O–H groups in total. The number of benzene rings is 2. The molecule has 1 amide bonds. The van der Waals surface area contributed by atoms with Crippen LogP contribution in [0.1, 0.15) is 42.8 Å². The minimum absolute atomic E-state index is 0.0558. The van der Waals surface area contributed by atoms with Crippen LogP contribution in [-0.4, -0.2) is 47.1 Å². The summed E-state index contributed by atoms with van der Waals surface area (Å²) in [6.07, 6.45) is 1.20. The van der Waals surface area contributed by atoms with Crippen LogP contribution in [0.25, 0.3) is 5.69 Å². The molecule has 1 heterocycles. The van der Waals surface area contributed by atoms with Crippen LogP contribution in [0.4, 0.5) is 5.69 Å². The molecule has 0 aliphatic heterocycles. The lowest BCUT2D eigenvalue weighted by Gasteiger charge is -2.23. The zero-order valence-electron chi connectivity index (χ0n) is 20.6. The SMILES string of the molecule is CC[C@@H](c1nnc(SCC(=O)N(CCC#N)c2cc(C)cc(C)c2)n1-c1ccccc1)[NH+](C)C. The summed E-state index contributed by atoms with van der Waals surface area (Å²) in [5, 5.41) is 18.8. The molecule has 3 aromatic rings. The molecule has 1 atom stereocenters. The van der Waals surface area contributed by atoms with Gasteiger partial charge in [0.25, 0.3) is 0 Å². The van der Waals surface area contributed by atoms with Gasteiger partial charge in [-0.05, 0) is 49.2 Å². The number of aromatic nitrogens is 3. The molecule has 0 unspecified atom stereocenters. The summed E-state index contributed by atoms with van der Waals surface area (Å²) in [4.78, 5) is 16.3. The van der Waals surface area contributed by atoms with Gasteiger partial charge in [-0.15, -0.1) is 10.2 Å². The van der Waals surface area contributed by atoms with Crippen molar-refractivity contribution in [2.75, 3.05) is 31.3 Å². The highest BCUT2D eigenvalue weighted by atomic mass is 32.2. The lowest BCUT2D eigenvalue weighted by atomic mass is 10.1. The monoisotopic (exact) mass is 477 g/mol. The van der Waals surface area contributed by atoms with Gasteiger partial charge in [0, 0.05) is 24.3 Å². The number of carbonyl (C=O) groups excluding carboxylic acids is 1. The predicted molar refractivity (Wildman–Crippen MR) is 136 cm³/mol. The number of nitrogens with one attached hydrogen (secondary N) is 1. The van der Waals surface area contributed by atoms with Crippen LogP contribution in [0.15, 0.2) is 53.7 Å². The maximum Gasteiger partial charge on any atom is 0.237 e. The fourth-order valence-corrected chi connectivity index (χ4v) is 4.97. The Bertz CT molecular complexity index is 1130.